The van der Waals surface area contributed by atoms with Crippen molar-refractivity contribution in [2.45, 2.75) is 90.4 Å². The fraction of sp³-hybridized carbons (Fsp3) is 0.636. The molecule has 0 radical (unpaired) electrons. The highest BCUT2D eigenvalue weighted by Gasteiger charge is 2.37. The first kappa shape index (κ1) is 29.8. The normalized spacial score (nSPS) is 23.0. The number of rotatable bonds is 11. The minimum atomic E-state index is -0.809. The Morgan fingerprint density at radius 1 is 1.27 bits per heavy atom. The van der Waals surface area contributed by atoms with Crippen LogP contribution in [0.3, 0.4) is 0 Å². The van der Waals surface area contributed by atoms with Gasteiger partial charge in [0.05, 0.1) is 25.9 Å². The van der Waals surface area contributed by atoms with Crippen molar-refractivity contribution >= 4 is 11.8 Å². The average Bonchev–Trinajstić information content (AvgIpc) is 3.41. The Hall–Kier alpha value is -2.68. The minimum Gasteiger partial charge on any atom is -0.496 e. The number of aliphatic carboxylic acids is 1. The summed E-state index contributed by atoms with van der Waals surface area (Å²) in [4.78, 5) is 19.6. The van der Waals surface area contributed by atoms with Crippen LogP contribution in [0.2, 0.25) is 0 Å². The fourth-order valence-electron chi connectivity index (χ4n) is 6.51. The fourth-order valence-corrected chi connectivity index (χ4v) is 6.51. The van der Waals surface area contributed by atoms with Gasteiger partial charge in [-0.25, -0.2) is 4.98 Å². The van der Waals surface area contributed by atoms with Crippen molar-refractivity contribution in [2.75, 3.05) is 45.3 Å². The Labute approximate surface area is 244 Å². The number of hydrogen-bond acceptors (Lipinski definition) is 7. The maximum Gasteiger partial charge on any atom is 0.325 e. The van der Waals surface area contributed by atoms with E-state index in [0.29, 0.717) is 26.3 Å². The Morgan fingerprint density at radius 2 is 2.12 bits per heavy atom. The van der Waals surface area contributed by atoms with Crippen LogP contribution >= 0.6 is 0 Å². The van der Waals surface area contributed by atoms with Gasteiger partial charge in [0.15, 0.2) is 0 Å². The maximum atomic E-state index is 12.7. The molecule has 0 spiro atoms. The number of hydrogen-bond donors (Lipinski definition) is 2. The van der Waals surface area contributed by atoms with E-state index in [1.807, 2.05) is 13.0 Å². The number of nitrogens with one attached hydrogen (secondary N) is 1. The molecule has 8 heteroatoms. The van der Waals surface area contributed by atoms with Gasteiger partial charge in [-0.15, -0.1) is 0 Å². The topological polar surface area (TPSA) is 93.2 Å². The van der Waals surface area contributed by atoms with Gasteiger partial charge in [0.25, 0.3) is 0 Å². The molecular formula is C33H47N3O5. The van der Waals surface area contributed by atoms with E-state index in [-0.39, 0.29) is 17.6 Å². The number of ether oxygens (including phenoxy) is 3. The summed E-state index contributed by atoms with van der Waals surface area (Å²) in [5, 5.41) is 13.8. The van der Waals surface area contributed by atoms with Crippen molar-refractivity contribution in [2.24, 2.45) is 5.41 Å². The number of nitrogens with zero attached hydrogens (tertiary/aromatic N) is 2. The van der Waals surface area contributed by atoms with E-state index < -0.39 is 12.0 Å². The van der Waals surface area contributed by atoms with E-state index in [2.05, 4.69) is 42.3 Å². The molecule has 0 saturated carbocycles. The summed E-state index contributed by atoms with van der Waals surface area (Å²) in [6.07, 6.45) is 7.70. The van der Waals surface area contributed by atoms with Crippen molar-refractivity contribution in [3.63, 3.8) is 0 Å². The zero-order valence-corrected chi connectivity index (χ0v) is 25.2. The molecule has 1 aromatic heterocycles. The Kier molecular flexibility index (Phi) is 9.52. The molecule has 2 N–H and O–H groups in total. The lowest BCUT2D eigenvalue weighted by atomic mass is 9.82. The van der Waals surface area contributed by atoms with Crippen molar-refractivity contribution in [3.05, 3.63) is 52.2 Å². The highest BCUT2D eigenvalue weighted by molar-refractivity contribution is 5.76. The van der Waals surface area contributed by atoms with Gasteiger partial charge in [0.2, 0.25) is 0 Å². The summed E-state index contributed by atoms with van der Waals surface area (Å²) < 4.78 is 18.1. The van der Waals surface area contributed by atoms with E-state index >= 15 is 0 Å². The van der Waals surface area contributed by atoms with Gasteiger partial charge in [0.1, 0.15) is 17.6 Å². The first-order chi connectivity index (χ1) is 19.7. The quantitative estimate of drug-likeness (QED) is 0.327. The molecular weight excluding hydrogens is 518 g/mol. The number of aryl methyl sites for hydroxylation is 2. The number of unbranched alkanes of at least 4 members (excludes halogenated alkanes) is 1. The van der Waals surface area contributed by atoms with E-state index in [9.17, 15) is 9.90 Å². The molecule has 2 fully saturated rings. The largest absolute Gasteiger partial charge is 0.496 e. The van der Waals surface area contributed by atoms with Gasteiger partial charge in [0, 0.05) is 43.6 Å². The number of carboxylic acid groups (broad SMARTS) is 1. The van der Waals surface area contributed by atoms with Crippen molar-refractivity contribution < 1.29 is 24.1 Å². The van der Waals surface area contributed by atoms with Crippen LogP contribution in [0.15, 0.2) is 24.3 Å². The van der Waals surface area contributed by atoms with Crippen LogP contribution in [0.25, 0.3) is 0 Å². The molecule has 3 atom stereocenters. The van der Waals surface area contributed by atoms with E-state index in [0.717, 1.165) is 91.9 Å². The summed E-state index contributed by atoms with van der Waals surface area (Å²) in [5.74, 6) is 1.09. The number of anilines is 1. The first-order valence-electron chi connectivity index (χ1n) is 15.4. The molecule has 2 saturated heterocycles. The number of benzene rings is 1. The summed E-state index contributed by atoms with van der Waals surface area (Å²) in [6, 6.07) is 7.58. The molecule has 2 aromatic rings. The lowest BCUT2D eigenvalue weighted by Crippen LogP contribution is -2.35. The van der Waals surface area contributed by atoms with Crippen LogP contribution in [0.5, 0.6) is 5.75 Å². The number of likely N-dealkylation sites (tertiary alicyclic amines) is 1. The monoisotopic (exact) mass is 565 g/mol. The lowest BCUT2D eigenvalue weighted by molar-refractivity contribution is -0.143. The third-order valence-electron chi connectivity index (χ3n) is 8.85. The molecule has 0 amide bonds. The van der Waals surface area contributed by atoms with Crippen LogP contribution in [0, 0.1) is 12.3 Å². The molecule has 224 valence electrons. The van der Waals surface area contributed by atoms with Gasteiger partial charge >= 0.3 is 5.97 Å². The summed E-state index contributed by atoms with van der Waals surface area (Å²) in [5.41, 5.74) is 5.35. The molecule has 2 unspecified atom stereocenters. The van der Waals surface area contributed by atoms with Crippen LogP contribution in [-0.2, 0) is 27.1 Å². The Morgan fingerprint density at radius 3 is 2.88 bits per heavy atom. The summed E-state index contributed by atoms with van der Waals surface area (Å²) >= 11 is 0. The summed E-state index contributed by atoms with van der Waals surface area (Å²) in [7, 11) is 1.73. The molecule has 41 heavy (non-hydrogen) atoms. The van der Waals surface area contributed by atoms with Gasteiger partial charge in [-0.2, -0.15) is 0 Å². The number of aromatic nitrogens is 1. The molecule has 1 aromatic carbocycles. The highest BCUT2D eigenvalue weighted by atomic mass is 16.5. The van der Waals surface area contributed by atoms with Gasteiger partial charge in [-0.05, 0) is 74.8 Å². The number of pyridine rings is 1. The van der Waals surface area contributed by atoms with Crippen molar-refractivity contribution in [1.29, 1.82) is 0 Å². The second kappa shape index (κ2) is 13.1. The number of carbonyl (C=O) groups is 1. The van der Waals surface area contributed by atoms with Crippen molar-refractivity contribution in [1.82, 2.24) is 9.88 Å². The second-order valence-corrected chi connectivity index (χ2v) is 12.8. The zero-order valence-electron chi connectivity index (χ0n) is 25.2. The lowest BCUT2D eigenvalue weighted by Gasteiger charge is -2.36. The van der Waals surface area contributed by atoms with Crippen LogP contribution in [0.4, 0.5) is 5.82 Å². The molecule has 0 bridgehead atoms. The predicted octanol–water partition coefficient (Wildman–Crippen LogP) is 5.87. The van der Waals surface area contributed by atoms with E-state index in [1.54, 1.807) is 7.11 Å². The van der Waals surface area contributed by atoms with E-state index in [1.165, 1.54) is 5.56 Å². The maximum absolute atomic E-state index is 12.7. The second-order valence-electron chi connectivity index (χ2n) is 12.8. The number of fused-ring (bicyclic) bond motifs is 1. The average molecular weight is 566 g/mol. The van der Waals surface area contributed by atoms with Gasteiger partial charge in [-0.3, -0.25) is 9.69 Å². The predicted molar refractivity (Wildman–Crippen MR) is 160 cm³/mol. The Bertz CT molecular complexity index is 1190. The van der Waals surface area contributed by atoms with Crippen molar-refractivity contribution in [3.8, 4) is 5.75 Å². The van der Waals surface area contributed by atoms with Crippen LogP contribution in [-0.4, -0.2) is 67.0 Å². The smallest absolute Gasteiger partial charge is 0.325 e. The number of carboxylic acids is 1. The molecule has 0 aliphatic carbocycles. The van der Waals surface area contributed by atoms with E-state index in [4.69, 9.17) is 19.2 Å². The molecule has 3 aliphatic rings. The Balaban J connectivity index is 1.15. The number of methoxy groups -OCH3 is 1. The minimum absolute atomic E-state index is 0.0444. The van der Waals surface area contributed by atoms with Crippen LogP contribution < -0.4 is 10.1 Å². The first-order valence-corrected chi connectivity index (χ1v) is 15.4. The molecule has 3 aliphatic heterocycles. The standard InChI is InChI=1S/C33H47N3O5/c1-22-10-11-25(28-12-14-33(2,3)21-41-28)27(18-22)30(32(37)38)36-16-13-24(20-36)40-17-6-5-8-23-19-29(39-4)26-9-7-15-34-31(26)35-23/h10-11,18-19,24,28,30H,5-9,12-17,20-21H2,1-4H3,(H,34,35)(H,37,38)/t24-,28?,30?/m1/s1. The molecule has 4 heterocycles. The molecule has 8 nitrogen and oxygen atoms in total. The van der Waals surface area contributed by atoms with Gasteiger partial charge < -0.3 is 24.6 Å². The third kappa shape index (κ3) is 7.22. The summed E-state index contributed by atoms with van der Waals surface area (Å²) in [6.45, 7) is 10.1. The highest BCUT2D eigenvalue weighted by Crippen LogP contribution is 2.41. The SMILES string of the molecule is COc1cc(CCCCO[C@@H]2CCN(C(C(=O)O)c3cc(C)ccc3C3CCC(C)(C)CO3)C2)nc2c1CCCN2. The van der Waals surface area contributed by atoms with Gasteiger partial charge in [-0.1, -0.05) is 37.6 Å². The zero-order chi connectivity index (χ0) is 29.0. The third-order valence-corrected chi connectivity index (χ3v) is 8.85. The van der Waals surface area contributed by atoms with Crippen LogP contribution in [0.1, 0.15) is 92.5 Å². The molecule has 5 rings (SSSR count).